The number of hydrogen-bond donors (Lipinski definition) is 2. The predicted octanol–water partition coefficient (Wildman–Crippen LogP) is 3.86. The number of benzene rings is 1. The van der Waals surface area contributed by atoms with Crippen LogP contribution < -0.4 is 5.73 Å². The molecule has 0 spiro atoms. The molecule has 0 saturated carbocycles. The van der Waals surface area contributed by atoms with E-state index >= 15 is 0 Å². The van der Waals surface area contributed by atoms with Gasteiger partial charge in [0.25, 0.3) is 0 Å². The van der Waals surface area contributed by atoms with E-state index < -0.39 is 23.2 Å². The number of nitrogens with two attached hydrogens (primary N) is 1. The molecule has 0 heterocycles. The summed E-state index contributed by atoms with van der Waals surface area (Å²) in [5, 5.41) is 8.97. The van der Waals surface area contributed by atoms with Crippen molar-refractivity contribution < 1.29 is 23.1 Å². The number of alkyl halides is 3. The van der Waals surface area contributed by atoms with Gasteiger partial charge in [-0.05, 0) is 43.7 Å². The van der Waals surface area contributed by atoms with Crippen LogP contribution in [0.25, 0.3) is 0 Å². The van der Waals surface area contributed by atoms with E-state index in [-0.39, 0.29) is 5.92 Å². The molecule has 0 aliphatic rings. The summed E-state index contributed by atoms with van der Waals surface area (Å²) >= 11 is 0. The van der Waals surface area contributed by atoms with Crippen molar-refractivity contribution in [2.24, 2.45) is 11.7 Å². The second kappa shape index (κ2) is 7.13. The summed E-state index contributed by atoms with van der Waals surface area (Å²) in [4.78, 5) is 11.0. The van der Waals surface area contributed by atoms with Crippen LogP contribution >= 0.6 is 0 Å². The number of aryl methyl sites for hydroxylation is 1. The Kier molecular flexibility index (Phi) is 6.00. The molecule has 2 atom stereocenters. The first-order chi connectivity index (χ1) is 10.0. The first-order valence-electron chi connectivity index (χ1n) is 7.21. The first-order valence-corrected chi connectivity index (χ1v) is 7.21. The lowest BCUT2D eigenvalue weighted by atomic mass is 9.87. The number of carboxylic acid groups (broad SMARTS) is 1. The fraction of sp³-hybridized carbons (Fsp3) is 0.562. The highest BCUT2D eigenvalue weighted by atomic mass is 19.4. The number of rotatable bonds is 7. The van der Waals surface area contributed by atoms with E-state index in [1.807, 2.05) is 6.92 Å². The van der Waals surface area contributed by atoms with Crippen LogP contribution in [0.5, 0.6) is 0 Å². The molecule has 124 valence electrons. The van der Waals surface area contributed by atoms with Crippen molar-refractivity contribution in [2.75, 3.05) is 0 Å². The molecule has 0 aromatic heterocycles. The number of hydrogen-bond acceptors (Lipinski definition) is 2. The van der Waals surface area contributed by atoms with Gasteiger partial charge in [0.05, 0.1) is 5.56 Å². The van der Waals surface area contributed by atoms with Gasteiger partial charge in [-0.15, -0.1) is 0 Å². The average molecular weight is 317 g/mol. The van der Waals surface area contributed by atoms with Crippen molar-refractivity contribution in [1.29, 1.82) is 0 Å². The second-order valence-electron chi connectivity index (χ2n) is 6.12. The molecular weight excluding hydrogens is 295 g/mol. The molecule has 3 N–H and O–H groups in total. The molecule has 0 amide bonds. The fourth-order valence-electron chi connectivity index (χ4n) is 2.47. The van der Waals surface area contributed by atoms with Crippen molar-refractivity contribution in [2.45, 2.75) is 51.2 Å². The van der Waals surface area contributed by atoms with E-state index in [9.17, 15) is 18.0 Å². The van der Waals surface area contributed by atoms with Crippen molar-refractivity contribution in [1.82, 2.24) is 0 Å². The smallest absolute Gasteiger partial charge is 0.416 e. The molecule has 0 saturated heterocycles. The highest BCUT2D eigenvalue weighted by Gasteiger charge is 2.31. The molecule has 0 fully saturated rings. The minimum atomic E-state index is -4.33. The van der Waals surface area contributed by atoms with Crippen LogP contribution in [-0.4, -0.2) is 16.6 Å². The van der Waals surface area contributed by atoms with Gasteiger partial charge < -0.3 is 10.8 Å². The van der Waals surface area contributed by atoms with Crippen LogP contribution in [0.3, 0.4) is 0 Å². The van der Waals surface area contributed by atoms with Gasteiger partial charge in [0.15, 0.2) is 0 Å². The summed E-state index contributed by atoms with van der Waals surface area (Å²) in [6.45, 7) is 3.37. The van der Waals surface area contributed by atoms with Crippen LogP contribution in [0.4, 0.5) is 13.2 Å². The summed E-state index contributed by atoms with van der Waals surface area (Å²) in [5.74, 6) is -0.950. The summed E-state index contributed by atoms with van der Waals surface area (Å²) in [7, 11) is 0. The topological polar surface area (TPSA) is 63.3 Å². The van der Waals surface area contributed by atoms with Crippen LogP contribution in [0, 0.1) is 5.92 Å². The SMILES string of the molecule is CC(CCCc1cccc(C(F)(F)F)c1)CC(C)(N)C(=O)O. The molecule has 2 unspecified atom stereocenters. The van der Waals surface area contributed by atoms with E-state index in [0.717, 1.165) is 18.6 Å². The van der Waals surface area contributed by atoms with Gasteiger partial charge in [-0.2, -0.15) is 13.2 Å². The molecule has 22 heavy (non-hydrogen) atoms. The van der Waals surface area contributed by atoms with E-state index in [1.165, 1.54) is 13.0 Å². The quantitative estimate of drug-likeness (QED) is 0.803. The molecule has 1 rings (SSSR count). The largest absolute Gasteiger partial charge is 0.480 e. The van der Waals surface area contributed by atoms with Crippen molar-refractivity contribution in [3.05, 3.63) is 35.4 Å². The predicted molar refractivity (Wildman–Crippen MR) is 78.4 cm³/mol. The Balaban J connectivity index is 2.49. The normalized spacial score (nSPS) is 16.1. The zero-order chi connectivity index (χ0) is 17.0. The molecule has 0 radical (unpaired) electrons. The molecular formula is C16H22F3NO2. The Labute approximate surface area is 128 Å². The Morgan fingerprint density at radius 1 is 1.36 bits per heavy atom. The van der Waals surface area contributed by atoms with Gasteiger partial charge in [0.1, 0.15) is 5.54 Å². The lowest BCUT2D eigenvalue weighted by Gasteiger charge is -2.23. The van der Waals surface area contributed by atoms with Crippen LogP contribution in [0.15, 0.2) is 24.3 Å². The number of carboxylic acids is 1. The van der Waals surface area contributed by atoms with E-state index in [0.29, 0.717) is 24.8 Å². The summed E-state index contributed by atoms with van der Waals surface area (Å²) in [6.07, 6.45) is -2.05. The maximum Gasteiger partial charge on any atom is 0.416 e. The molecule has 6 heteroatoms. The van der Waals surface area contributed by atoms with Gasteiger partial charge in [0.2, 0.25) is 0 Å². The summed E-state index contributed by atoms with van der Waals surface area (Å²) in [6, 6.07) is 5.29. The van der Waals surface area contributed by atoms with E-state index in [1.54, 1.807) is 6.07 Å². The molecule has 0 aliphatic heterocycles. The van der Waals surface area contributed by atoms with Crippen molar-refractivity contribution in [3.63, 3.8) is 0 Å². The van der Waals surface area contributed by atoms with Gasteiger partial charge >= 0.3 is 12.1 Å². The van der Waals surface area contributed by atoms with Crippen LogP contribution in [0.1, 0.15) is 44.2 Å². The summed E-state index contributed by atoms with van der Waals surface area (Å²) < 4.78 is 37.8. The Hall–Kier alpha value is -1.56. The average Bonchev–Trinajstić information content (AvgIpc) is 2.37. The number of aliphatic carboxylic acids is 1. The highest BCUT2D eigenvalue weighted by molar-refractivity contribution is 5.77. The maximum atomic E-state index is 12.6. The molecule has 0 bridgehead atoms. The number of carbonyl (C=O) groups is 1. The summed E-state index contributed by atoms with van der Waals surface area (Å²) in [5.41, 5.74) is 4.41. The van der Waals surface area contributed by atoms with Gasteiger partial charge in [0, 0.05) is 0 Å². The Bertz CT molecular complexity index is 512. The third-order valence-corrected chi connectivity index (χ3v) is 3.68. The minimum absolute atomic E-state index is 0.0944. The second-order valence-corrected chi connectivity index (χ2v) is 6.12. The maximum absolute atomic E-state index is 12.6. The van der Waals surface area contributed by atoms with E-state index in [2.05, 4.69) is 0 Å². The molecule has 0 aliphatic carbocycles. The Morgan fingerprint density at radius 2 is 2.00 bits per heavy atom. The fourth-order valence-corrected chi connectivity index (χ4v) is 2.47. The van der Waals surface area contributed by atoms with Gasteiger partial charge in [-0.25, -0.2) is 0 Å². The minimum Gasteiger partial charge on any atom is -0.480 e. The monoisotopic (exact) mass is 317 g/mol. The van der Waals surface area contributed by atoms with Gasteiger partial charge in [-0.1, -0.05) is 31.5 Å². The number of halogens is 3. The van der Waals surface area contributed by atoms with Crippen molar-refractivity contribution >= 4 is 5.97 Å². The molecule has 1 aromatic carbocycles. The third-order valence-electron chi connectivity index (χ3n) is 3.68. The van der Waals surface area contributed by atoms with Crippen molar-refractivity contribution in [3.8, 4) is 0 Å². The van der Waals surface area contributed by atoms with Gasteiger partial charge in [-0.3, -0.25) is 4.79 Å². The highest BCUT2D eigenvalue weighted by Crippen LogP contribution is 2.30. The van der Waals surface area contributed by atoms with Crippen LogP contribution in [-0.2, 0) is 17.4 Å². The lowest BCUT2D eigenvalue weighted by molar-refractivity contribution is -0.143. The zero-order valence-electron chi connectivity index (χ0n) is 12.8. The van der Waals surface area contributed by atoms with E-state index in [4.69, 9.17) is 10.8 Å². The standard InChI is InChI=1S/C16H22F3NO2/c1-11(10-15(2,20)14(21)22)5-3-6-12-7-4-8-13(9-12)16(17,18)19/h4,7-9,11H,3,5-6,10,20H2,1-2H3,(H,21,22). The Morgan fingerprint density at radius 3 is 2.55 bits per heavy atom. The lowest BCUT2D eigenvalue weighted by Crippen LogP contribution is -2.46. The molecule has 1 aromatic rings. The van der Waals surface area contributed by atoms with Crippen LogP contribution in [0.2, 0.25) is 0 Å². The first kappa shape index (κ1) is 18.5. The molecule has 3 nitrogen and oxygen atoms in total. The third kappa shape index (κ3) is 5.67. The zero-order valence-corrected chi connectivity index (χ0v) is 12.8.